The van der Waals surface area contributed by atoms with Gasteiger partial charge in [0, 0.05) is 13.1 Å². The van der Waals surface area contributed by atoms with Crippen molar-refractivity contribution in [3.63, 3.8) is 0 Å². The average Bonchev–Trinajstić information content (AvgIpc) is 3.17. The van der Waals surface area contributed by atoms with Gasteiger partial charge < -0.3 is 14.1 Å². The minimum atomic E-state index is -4.67. The van der Waals surface area contributed by atoms with Crippen LogP contribution >= 0.6 is 0 Å². The van der Waals surface area contributed by atoms with E-state index in [1.165, 1.54) is 5.56 Å². The fourth-order valence-electron chi connectivity index (χ4n) is 3.10. The van der Waals surface area contributed by atoms with Crippen LogP contribution in [-0.4, -0.2) is 40.7 Å². The average molecular weight is 397 g/mol. The maximum atomic E-state index is 12.6. The van der Waals surface area contributed by atoms with E-state index in [1.807, 2.05) is 24.3 Å². The predicted molar refractivity (Wildman–Crippen MR) is 93.9 cm³/mol. The van der Waals surface area contributed by atoms with Crippen LogP contribution in [0, 0.1) is 0 Å². The second-order valence-electron chi connectivity index (χ2n) is 7.13. The Labute approximate surface area is 160 Å². The SMILES string of the molecule is CC(C)c1ccc(OCC(=O)N2CCCC(c3nnc(C(F)(F)F)o3)C2)cc1. The molecule has 1 aromatic heterocycles. The van der Waals surface area contributed by atoms with Crippen LogP contribution < -0.4 is 4.74 Å². The largest absolute Gasteiger partial charge is 0.484 e. The lowest BCUT2D eigenvalue weighted by Gasteiger charge is -2.31. The maximum absolute atomic E-state index is 12.6. The van der Waals surface area contributed by atoms with Crippen LogP contribution in [0.2, 0.25) is 0 Å². The van der Waals surface area contributed by atoms with Crippen molar-refractivity contribution < 1.29 is 27.1 Å². The highest BCUT2D eigenvalue weighted by Crippen LogP contribution is 2.32. The second kappa shape index (κ2) is 8.20. The molecule has 3 rings (SSSR count). The first-order valence-electron chi connectivity index (χ1n) is 9.15. The van der Waals surface area contributed by atoms with Crippen LogP contribution in [0.25, 0.3) is 0 Å². The molecule has 9 heteroatoms. The molecule has 1 aliphatic rings. The molecule has 28 heavy (non-hydrogen) atoms. The molecule has 0 spiro atoms. The van der Waals surface area contributed by atoms with Crippen LogP contribution in [0.1, 0.15) is 55.9 Å². The van der Waals surface area contributed by atoms with E-state index in [1.54, 1.807) is 4.90 Å². The van der Waals surface area contributed by atoms with Crippen LogP contribution in [-0.2, 0) is 11.0 Å². The van der Waals surface area contributed by atoms with Crippen molar-refractivity contribution in [2.75, 3.05) is 19.7 Å². The summed E-state index contributed by atoms with van der Waals surface area (Å²) in [6.07, 6.45) is -3.45. The Balaban J connectivity index is 1.56. The zero-order chi connectivity index (χ0) is 20.3. The van der Waals surface area contributed by atoms with E-state index >= 15 is 0 Å². The van der Waals surface area contributed by atoms with Crippen LogP contribution in [0.5, 0.6) is 5.75 Å². The third kappa shape index (κ3) is 4.82. The van der Waals surface area contributed by atoms with Gasteiger partial charge in [-0.2, -0.15) is 13.2 Å². The van der Waals surface area contributed by atoms with E-state index in [-0.39, 0.29) is 24.9 Å². The Morgan fingerprint density at radius 3 is 2.61 bits per heavy atom. The van der Waals surface area contributed by atoms with E-state index in [2.05, 4.69) is 24.0 Å². The van der Waals surface area contributed by atoms with E-state index in [0.717, 1.165) is 0 Å². The van der Waals surface area contributed by atoms with Crippen molar-refractivity contribution in [3.8, 4) is 5.75 Å². The molecular formula is C19H22F3N3O3. The van der Waals surface area contributed by atoms with Crippen molar-refractivity contribution in [1.82, 2.24) is 15.1 Å². The fraction of sp³-hybridized carbons (Fsp3) is 0.526. The molecule has 0 bridgehead atoms. The number of carbonyl (C=O) groups excluding carboxylic acids is 1. The number of amides is 1. The van der Waals surface area contributed by atoms with Gasteiger partial charge in [-0.1, -0.05) is 26.0 Å². The summed E-state index contributed by atoms with van der Waals surface area (Å²) >= 11 is 0. The zero-order valence-corrected chi connectivity index (χ0v) is 15.7. The molecule has 0 saturated carbocycles. The number of ether oxygens (including phenoxy) is 1. The lowest BCUT2D eigenvalue weighted by atomic mass is 9.98. The van der Waals surface area contributed by atoms with E-state index in [9.17, 15) is 18.0 Å². The summed E-state index contributed by atoms with van der Waals surface area (Å²) in [6, 6.07) is 7.54. The molecule has 6 nitrogen and oxygen atoms in total. The smallest absolute Gasteiger partial charge is 0.470 e. The van der Waals surface area contributed by atoms with Gasteiger partial charge in [-0.3, -0.25) is 4.79 Å². The third-order valence-corrected chi connectivity index (χ3v) is 4.72. The van der Waals surface area contributed by atoms with E-state index in [0.29, 0.717) is 31.1 Å². The number of carbonyl (C=O) groups is 1. The number of rotatable bonds is 5. The Bertz CT molecular complexity index is 803. The molecule has 0 aliphatic carbocycles. The van der Waals surface area contributed by atoms with Crippen molar-refractivity contribution >= 4 is 5.91 Å². The molecule has 1 amide bonds. The highest BCUT2D eigenvalue weighted by atomic mass is 19.4. The van der Waals surface area contributed by atoms with Crippen LogP contribution in [0.3, 0.4) is 0 Å². The van der Waals surface area contributed by atoms with Gasteiger partial charge in [-0.05, 0) is 36.5 Å². The number of halogens is 3. The van der Waals surface area contributed by atoms with Crippen LogP contribution in [0.15, 0.2) is 28.7 Å². The van der Waals surface area contributed by atoms with Crippen molar-refractivity contribution in [2.45, 2.75) is 44.7 Å². The molecule has 1 aliphatic heterocycles. The van der Waals surface area contributed by atoms with E-state index in [4.69, 9.17) is 9.15 Å². The first-order chi connectivity index (χ1) is 13.2. The molecule has 1 aromatic carbocycles. The monoisotopic (exact) mass is 397 g/mol. The number of benzene rings is 1. The molecule has 152 valence electrons. The summed E-state index contributed by atoms with van der Waals surface area (Å²) in [5.74, 6) is -1.09. The standard InChI is InChI=1S/C19H22F3N3O3/c1-12(2)13-5-7-15(8-6-13)27-11-16(26)25-9-3-4-14(10-25)17-23-24-18(28-17)19(20,21)22/h5-8,12,14H,3-4,9-11H2,1-2H3. The van der Waals surface area contributed by atoms with Gasteiger partial charge in [0.1, 0.15) is 5.75 Å². The lowest BCUT2D eigenvalue weighted by molar-refractivity contribution is -0.157. The van der Waals surface area contributed by atoms with Gasteiger partial charge in [0.05, 0.1) is 5.92 Å². The van der Waals surface area contributed by atoms with E-state index < -0.39 is 18.0 Å². The van der Waals surface area contributed by atoms with Gasteiger partial charge in [-0.15, -0.1) is 10.2 Å². The molecule has 0 radical (unpaired) electrons. The summed E-state index contributed by atoms with van der Waals surface area (Å²) in [5, 5.41) is 6.57. The summed E-state index contributed by atoms with van der Waals surface area (Å²) in [7, 11) is 0. The molecule has 2 aromatic rings. The molecule has 2 heterocycles. The molecular weight excluding hydrogens is 375 g/mol. The molecule has 1 unspecified atom stereocenters. The molecule has 0 N–H and O–H groups in total. The van der Waals surface area contributed by atoms with Crippen LogP contribution in [0.4, 0.5) is 13.2 Å². The quantitative estimate of drug-likeness (QED) is 0.763. The molecule has 1 atom stereocenters. The normalized spacial score (nSPS) is 17.8. The number of piperidine rings is 1. The van der Waals surface area contributed by atoms with Crippen molar-refractivity contribution in [1.29, 1.82) is 0 Å². The summed E-state index contributed by atoms with van der Waals surface area (Å²) in [6.45, 7) is 4.80. The number of hydrogen-bond acceptors (Lipinski definition) is 5. The zero-order valence-electron chi connectivity index (χ0n) is 15.7. The Morgan fingerprint density at radius 2 is 2.00 bits per heavy atom. The topological polar surface area (TPSA) is 68.5 Å². The third-order valence-electron chi connectivity index (χ3n) is 4.72. The molecule has 1 fully saturated rings. The number of likely N-dealkylation sites (tertiary alicyclic amines) is 1. The van der Waals surface area contributed by atoms with Crippen molar-refractivity contribution in [2.24, 2.45) is 0 Å². The summed E-state index contributed by atoms with van der Waals surface area (Å²) in [5.41, 5.74) is 1.18. The van der Waals surface area contributed by atoms with Gasteiger partial charge >= 0.3 is 12.1 Å². The lowest BCUT2D eigenvalue weighted by Crippen LogP contribution is -2.41. The summed E-state index contributed by atoms with van der Waals surface area (Å²) in [4.78, 5) is 14.0. The number of hydrogen-bond donors (Lipinski definition) is 0. The number of nitrogens with zero attached hydrogens (tertiary/aromatic N) is 3. The summed E-state index contributed by atoms with van der Waals surface area (Å²) < 4.78 is 48.2. The highest BCUT2D eigenvalue weighted by Gasteiger charge is 2.39. The minimum absolute atomic E-state index is 0.0879. The Hall–Kier alpha value is -2.58. The second-order valence-corrected chi connectivity index (χ2v) is 7.13. The van der Waals surface area contributed by atoms with Gasteiger partial charge in [0.15, 0.2) is 6.61 Å². The van der Waals surface area contributed by atoms with Gasteiger partial charge in [0.25, 0.3) is 5.91 Å². The maximum Gasteiger partial charge on any atom is 0.470 e. The van der Waals surface area contributed by atoms with Gasteiger partial charge in [-0.25, -0.2) is 0 Å². The predicted octanol–water partition coefficient (Wildman–Crippen LogP) is 4.00. The molecule has 1 saturated heterocycles. The first-order valence-corrected chi connectivity index (χ1v) is 9.15. The highest BCUT2D eigenvalue weighted by molar-refractivity contribution is 5.78. The number of aromatic nitrogens is 2. The Morgan fingerprint density at radius 1 is 1.29 bits per heavy atom. The van der Waals surface area contributed by atoms with Crippen molar-refractivity contribution in [3.05, 3.63) is 41.6 Å². The van der Waals surface area contributed by atoms with Gasteiger partial charge in [0.2, 0.25) is 5.89 Å². The number of alkyl halides is 3. The fourth-order valence-corrected chi connectivity index (χ4v) is 3.10. The Kier molecular flexibility index (Phi) is 5.90. The minimum Gasteiger partial charge on any atom is -0.484 e. The first kappa shape index (κ1) is 20.2.